The van der Waals surface area contributed by atoms with Gasteiger partial charge >= 0.3 is 0 Å². The molecule has 0 aliphatic carbocycles. The highest BCUT2D eigenvalue weighted by molar-refractivity contribution is 7.14. The SMILES string of the molecule is C=CCN1C(=O)c2ccc(C(=O)Nc3nc(-c4ccc(OC)c(Cl)c4)cs3)cc2C1=O. The molecular weight excluding hydrogens is 438 g/mol. The molecule has 3 amide bonds. The van der Waals surface area contributed by atoms with E-state index in [2.05, 4.69) is 16.9 Å². The van der Waals surface area contributed by atoms with Crippen molar-refractivity contribution in [2.45, 2.75) is 0 Å². The van der Waals surface area contributed by atoms with Gasteiger partial charge < -0.3 is 4.74 Å². The van der Waals surface area contributed by atoms with Gasteiger partial charge in [0.05, 0.1) is 29.0 Å². The van der Waals surface area contributed by atoms with Crippen molar-refractivity contribution >= 4 is 45.8 Å². The Morgan fingerprint density at radius 2 is 2.00 bits per heavy atom. The van der Waals surface area contributed by atoms with Gasteiger partial charge in [-0.05, 0) is 36.4 Å². The first kappa shape index (κ1) is 20.8. The third kappa shape index (κ3) is 3.83. The summed E-state index contributed by atoms with van der Waals surface area (Å²) in [6, 6.07) is 9.72. The third-order valence-corrected chi connectivity index (χ3v) is 5.77. The number of nitrogens with one attached hydrogen (secondary N) is 1. The molecule has 1 N–H and O–H groups in total. The number of ether oxygens (including phenoxy) is 1. The number of amides is 3. The number of hydrogen-bond acceptors (Lipinski definition) is 6. The Morgan fingerprint density at radius 1 is 1.23 bits per heavy atom. The Kier molecular flexibility index (Phi) is 5.58. The van der Waals surface area contributed by atoms with Crippen molar-refractivity contribution in [3.05, 3.63) is 76.1 Å². The fraction of sp³-hybridized carbons (Fsp3) is 0.0909. The van der Waals surface area contributed by atoms with Crippen molar-refractivity contribution in [1.29, 1.82) is 0 Å². The van der Waals surface area contributed by atoms with E-state index in [1.165, 1.54) is 42.7 Å². The Hall–Kier alpha value is -3.49. The molecule has 0 radical (unpaired) electrons. The van der Waals surface area contributed by atoms with Crippen LogP contribution in [0.3, 0.4) is 0 Å². The van der Waals surface area contributed by atoms with E-state index in [0.717, 1.165) is 10.5 Å². The number of methoxy groups -OCH3 is 1. The van der Waals surface area contributed by atoms with Gasteiger partial charge in [0.15, 0.2) is 5.13 Å². The van der Waals surface area contributed by atoms with Crippen LogP contribution in [0, 0.1) is 0 Å². The Morgan fingerprint density at radius 3 is 2.71 bits per heavy atom. The van der Waals surface area contributed by atoms with Gasteiger partial charge in [-0.3, -0.25) is 24.6 Å². The van der Waals surface area contributed by atoms with Gasteiger partial charge in [-0.25, -0.2) is 4.98 Å². The zero-order valence-electron chi connectivity index (χ0n) is 16.3. The predicted molar refractivity (Wildman–Crippen MR) is 119 cm³/mol. The highest BCUT2D eigenvalue weighted by atomic mass is 35.5. The minimum absolute atomic E-state index is 0.116. The zero-order valence-corrected chi connectivity index (χ0v) is 17.9. The number of carbonyl (C=O) groups is 3. The summed E-state index contributed by atoms with van der Waals surface area (Å²) in [4.78, 5) is 43.0. The summed E-state index contributed by atoms with van der Waals surface area (Å²) in [7, 11) is 1.54. The van der Waals surface area contributed by atoms with Crippen molar-refractivity contribution in [2.24, 2.45) is 0 Å². The fourth-order valence-electron chi connectivity index (χ4n) is 3.19. The van der Waals surface area contributed by atoms with Crippen molar-refractivity contribution in [1.82, 2.24) is 9.88 Å². The molecule has 2 heterocycles. The van der Waals surface area contributed by atoms with Crippen LogP contribution in [0.2, 0.25) is 5.02 Å². The van der Waals surface area contributed by atoms with E-state index in [-0.39, 0.29) is 23.2 Å². The summed E-state index contributed by atoms with van der Waals surface area (Å²) in [5.41, 5.74) is 2.17. The number of halogens is 1. The number of benzene rings is 2. The number of rotatable bonds is 6. The van der Waals surface area contributed by atoms with Gasteiger partial charge in [0.1, 0.15) is 5.75 Å². The van der Waals surface area contributed by atoms with Crippen molar-refractivity contribution in [3.8, 4) is 17.0 Å². The van der Waals surface area contributed by atoms with Crippen LogP contribution in [0.15, 0.2) is 54.4 Å². The number of carbonyl (C=O) groups excluding carboxylic acids is 3. The van der Waals surface area contributed by atoms with E-state index in [9.17, 15) is 14.4 Å². The third-order valence-electron chi connectivity index (χ3n) is 4.72. The summed E-state index contributed by atoms with van der Waals surface area (Å²) >= 11 is 7.43. The van der Waals surface area contributed by atoms with E-state index in [1.54, 1.807) is 17.5 Å². The molecule has 2 aromatic carbocycles. The first-order valence-corrected chi connectivity index (χ1v) is 10.4. The van der Waals surface area contributed by atoms with Crippen molar-refractivity contribution < 1.29 is 19.1 Å². The summed E-state index contributed by atoms with van der Waals surface area (Å²) in [6.07, 6.45) is 1.48. The Labute approximate surface area is 186 Å². The molecule has 1 aromatic heterocycles. The molecule has 31 heavy (non-hydrogen) atoms. The maximum atomic E-state index is 12.7. The first-order valence-electron chi connectivity index (χ1n) is 9.15. The van der Waals surface area contributed by atoms with E-state index >= 15 is 0 Å². The van der Waals surface area contributed by atoms with Crippen LogP contribution in [-0.4, -0.2) is 41.3 Å². The minimum Gasteiger partial charge on any atom is -0.495 e. The molecule has 0 atom stereocenters. The minimum atomic E-state index is -0.442. The molecule has 3 aromatic rings. The average molecular weight is 454 g/mol. The Balaban J connectivity index is 1.53. The monoisotopic (exact) mass is 453 g/mol. The molecule has 0 saturated carbocycles. The van der Waals surface area contributed by atoms with Crippen molar-refractivity contribution in [2.75, 3.05) is 19.0 Å². The largest absolute Gasteiger partial charge is 0.495 e. The topological polar surface area (TPSA) is 88.6 Å². The zero-order chi connectivity index (χ0) is 22.1. The van der Waals surface area contributed by atoms with Gasteiger partial charge in [-0.1, -0.05) is 17.7 Å². The number of anilines is 1. The molecule has 0 fully saturated rings. The molecule has 0 spiro atoms. The maximum Gasteiger partial charge on any atom is 0.261 e. The number of fused-ring (bicyclic) bond motifs is 1. The molecule has 7 nitrogen and oxygen atoms in total. The molecular formula is C22H16ClN3O4S. The van der Waals surface area contributed by atoms with Crippen LogP contribution in [0.5, 0.6) is 5.75 Å². The molecule has 1 aliphatic rings. The van der Waals surface area contributed by atoms with Crippen LogP contribution in [-0.2, 0) is 0 Å². The number of nitrogens with zero attached hydrogens (tertiary/aromatic N) is 2. The number of thiazole rings is 1. The average Bonchev–Trinajstić information content (AvgIpc) is 3.32. The first-order chi connectivity index (χ1) is 14.9. The lowest BCUT2D eigenvalue weighted by atomic mass is 10.1. The number of hydrogen-bond donors (Lipinski definition) is 1. The normalized spacial score (nSPS) is 12.6. The van der Waals surface area contributed by atoms with Crippen LogP contribution < -0.4 is 10.1 Å². The summed E-state index contributed by atoms with van der Waals surface area (Å²) in [5.74, 6) is -0.707. The van der Waals surface area contributed by atoms with Crippen LogP contribution in [0.1, 0.15) is 31.1 Å². The van der Waals surface area contributed by atoms with E-state index in [4.69, 9.17) is 16.3 Å². The second-order valence-electron chi connectivity index (χ2n) is 6.61. The maximum absolute atomic E-state index is 12.7. The van der Waals surface area contributed by atoms with Crippen LogP contribution in [0.25, 0.3) is 11.3 Å². The lowest BCUT2D eigenvalue weighted by Gasteiger charge is -2.09. The smallest absolute Gasteiger partial charge is 0.261 e. The van der Waals surface area contributed by atoms with E-state index in [1.807, 2.05) is 6.07 Å². The van der Waals surface area contributed by atoms with Gasteiger partial charge in [0.25, 0.3) is 17.7 Å². The van der Waals surface area contributed by atoms with E-state index < -0.39 is 17.7 Å². The van der Waals surface area contributed by atoms with Crippen LogP contribution in [0.4, 0.5) is 5.13 Å². The lowest BCUT2D eigenvalue weighted by Crippen LogP contribution is -2.29. The summed E-state index contributed by atoms with van der Waals surface area (Å²) in [5, 5.41) is 5.37. The molecule has 9 heteroatoms. The molecule has 1 aliphatic heterocycles. The van der Waals surface area contributed by atoms with Gasteiger partial charge in [0.2, 0.25) is 0 Å². The van der Waals surface area contributed by atoms with Gasteiger partial charge in [-0.15, -0.1) is 17.9 Å². The van der Waals surface area contributed by atoms with Gasteiger partial charge in [-0.2, -0.15) is 0 Å². The van der Waals surface area contributed by atoms with E-state index in [0.29, 0.717) is 21.6 Å². The molecule has 0 bridgehead atoms. The van der Waals surface area contributed by atoms with Gasteiger partial charge in [0, 0.05) is 23.1 Å². The molecule has 0 unspecified atom stereocenters. The Bertz CT molecular complexity index is 1240. The fourth-order valence-corrected chi connectivity index (χ4v) is 4.16. The molecule has 4 rings (SSSR count). The number of imide groups is 1. The lowest BCUT2D eigenvalue weighted by molar-refractivity contribution is 0.0672. The van der Waals surface area contributed by atoms with Crippen LogP contribution >= 0.6 is 22.9 Å². The quantitative estimate of drug-likeness (QED) is 0.438. The summed E-state index contributed by atoms with van der Waals surface area (Å²) in [6.45, 7) is 3.67. The highest BCUT2D eigenvalue weighted by Crippen LogP contribution is 2.32. The summed E-state index contributed by atoms with van der Waals surface area (Å²) < 4.78 is 5.15. The second kappa shape index (κ2) is 8.33. The molecule has 156 valence electrons. The standard InChI is InChI=1S/C22H16ClN3O4S/c1-3-8-26-20(28)14-6-4-13(9-15(14)21(26)29)19(27)25-22-24-17(11-31-22)12-5-7-18(30-2)16(23)10-12/h3-7,9-11H,1,8H2,2H3,(H,24,25,27). The molecule has 0 saturated heterocycles. The highest BCUT2D eigenvalue weighted by Gasteiger charge is 2.35. The number of aromatic nitrogens is 1. The van der Waals surface area contributed by atoms with Crippen molar-refractivity contribution in [3.63, 3.8) is 0 Å². The predicted octanol–water partition coefficient (Wildman–Crippen LogP) is 4.51. The second-order valence-corrected chi connectivity index (χ2v) is 7.88.